The summed E-state index contributed by atoms with van der Waals surface area (Å²) < 4.78 is 16.6. The molecule has 4 heteroatoms. The molecule has 104 valence electrons. The van der Waals surface area contributed by atoms with Gasteiger partial charge in [-0.3, -0.25) is 4.79 Å². The lowest BCUT2D eigenvalue weighted by atomic mass is 10.1. The molecule has 0 N–H and O–H groups in total. The zero-order valence-corrected chi connectivity index (χ0v) is 11.2. The molecule has 0 aromatic heterocycles. The molecule has 0 spiro atoms. The zero-order valence-electron chi connectivity index (χ0n) is 11.2. The monoisotopic (exact) mass is 264 g/mol. The quantitative estimate of drug-likeness (QED) is 0.783. The molecule has 0 bridgehead atoms. The molecule has 1 aromatic carbocycles. The van der Waals surface area contributed by atoms with Gasteiger partial charge in [0.05, 0.1) is 19.3 Å². The van der Waals surface area contributed by atoms with Crippen molar-refractivity contribution in [2.75, 3.05) is 13.2 Å². The summed E-state index contributed by atoms with van der Waals surface area (Å²) in [6, 6.07) is 9.99. The molecule has 0 saturated carbocycles. The lowest BCUT2D eigenvalue weighted by molar-refractivity contribution is -0.159. The fraction of sp³-hybridized carbons (Fsp3) is 0.533. The van der Waals surface area contributed by atoms with Crippen molar-refractivity contribution in [3.05, 3.63) is 35.9 Å². The lowest BCUT2D eigenvalue weighted by Gasteiger charge is -2.24. The topological polar surface area (TPSA) is 44.8 Å². The van der Waals surface area contributed by atoms with Crippen LogP contribution in [0.1, 0.15) is 25.3 Å². The van der Waals surface area contributed by atoms with E-state index in [4.69, 9.17) is 14.2 Å². The Morgan fingerprint density at radius 1 is 1.32 bits per heavy atom. The molecule has 1 saturated heterocycles. The van der Waals surface area contributed by atoms with Crippen molar-refractivity contribution in [3.8, 4) is 0 Å². The van der Waals surface area contributed by atoms with Gasteiger partial charge in [0.1, 0.15) is 0 Å². The smallest absolute Gasteiger partial charge is 0.303 e. The van der Waals surface area contributed by atoms with Gasteiger partial charge in [0.2, 0.25) is 0 Å². The van der Waals surface area contributed by atoms with E-state index < -0.39 is 0 Å². The molecule has 2 rings (SSSR count). The summed E-state index contributed by atoms with van der Waals surface area (Å²) >= 11 is 0. The average molecular weight is 264 g/mol. The van der Waals surface area contributed by atoms with Gasteiger partial charge < -0.3 is 14.2 Å². The normalized spacial score (nSPS) is 23.6. The molecule has 1 aromatic rings. The number of ether oxygens (including phenoxy) is 3. The van der Waals surface area contributed by atoms with E-state index in [9.17, 15) is 4.79 Å². The molecule has 1 aliphatic heterocycles. The molecular weight excluding hydrogens is 244 g/mol. The minimum atomic E-state index is -0.302. The van der Waals surface area contributed by atoms with Gasteiger partial charge in [-0.05, 0) is 18.4 Å². The fourth-order valence-corrected chi connectivity index (χ4v) is 2.17. The minimum absolute atomic E-state index is 0.0911. The van der Waals surface area contributed by atoms with Gasteiger partial charge in [-0.2, -0.15) is 0 Å². The van der Waals surface area contributed by atoms with Crippen LogP contribution in [0, 0.1) is 0 Å². The maximum atomic E-state index is 11.1. The van der Waals surface area contributed by atoms with Crippen LogP contribution in [-0.2, 0) is 25.6 Å². The lowest BCUT2D eigenvalue weighted by Crippen LogP contribution is -2.35. The second kappa shape index (κ2) is 7.26. The van der Waals surface area contributed by atoms with E-state index in [2.05, 4.69) is 0 Å². The van der Waals surface area contributed by atoms with Crippen molar-refractivity contribution in [1.29, 1.82) is 0 Å². The molecule has 1 heterocycles. The van der Waals surface area contributed by atoms with Crippen LogP contribution >= 0.6 is 0 Å². The molecule has 2 unspecified atom stereocenters. The summed E-state index contributed by atoms with van der Waals surface area (Å²) in [6.07, 6.45) is 1.39. The van der Waals surface area contributed by atoms with Crippen LogP contribution in [-0.4, -0.2) is 31.4 Å². The first-order valence-electron chi connectivity index (χ1n) is 6.66. The molecule has 2 atom stereocenters. The highest BCUT2D eigenvalue weighted by Gasteiger charge is 2.27. The largest absolute Gasteiger partial charge is 0.457 e. The summed E-state index contributed by atoms with van der Waals surface area (Å²) in [5, 5.41) is 0. The highest BCUT2D eigenvalue weighted by molar-refractivity contribution is 5.66. The molecule has 0 radical (unpaired) electrons. The third-order valence-electron chi connectivity index (χ3n) is 3.10. The average Bonchev–Trinajstić information content (AvgIpc) is 2.62. The highest BCUT2D eigenvalue weighted by Crippen LogP contribution is 2.17. The van der Waals surface area contributed by atoms with Gasteiger partial charge in [0, 0.05) is 13.5 Å². The van der Waals surface area contributed by atoms with E-state index in [1.54, 1.807) is 0 Å². The van der Waals surface area contributed by atoms with Crippen LogP contribution in [0.15, 0.2) is 30.3 Å². The van der Waals surface area contributed by atoms with Crippen LogP contribution < -0.4 is 0 Å². The van der Waals surface area contributed by atoms with Crippen molar-refractivity contribution < 1.29 is 19.0 Å². The standard InChI is InChI=1S/C15H20O4/c1-12(16)19-15-11-17-9-5-8-14(15)18-10-13-6-3-2-4-7-13/h2-4,6-7,14-15H,5,8-11H2,1H3. The molecule has 1 fully saturated rings. The summed E-state index contributed by atoms with van der Waals surface area (Å²) in [7, 11) is 0. The van der Waals surface area contributed by atoms with E-state index in [-0.39, 0.29) is 18.2 Å². The van der Waals surface area contributed by atoms with E-state index in [0.717, 1.165) is 18.4 Å². The van der Waals surface area contributed by atoms with Crippen molar-refractivity contribution in [3.63, 3.8) is 0 Å². The molecule has 19 heavy (non-hydrogen) atoms. The van der Waals surface area contributed by atoms with Crippen molar-refractivity contribution >= 4 is 5.97 Å². The predicted octanol–water partition coefficient (Wildman–Crippen LogP) is 2.31. The van der Waals surface area contributed by atoms with Crippen molar-refractivity contribution in [2.24, 2.45) is 0 Å². The molecule has 0 amide bonds. The summed E-state index contributed by atoms with van der Waals surface area (Å²) in [4.78, 5) is 11.1. The number of esters is 1. The zero-order chi connectivity index (χ0) is 13.5. The Labute approximate surface area is 113 Å². The SMILES string of the molecule is CC(=O)OC1COCCCC1OCc1ccccc1. The number of rotatable bonds is 4. The maximum Gasteiger partial charge on any atom is 0.303 e. The first-order chi connectivity index (χ1) is 9.25. The Morgan fingerprint density at radius 2 is 2.11 bits per heavy atom. The Kier molecular flexibility index (Phi) is 5.36. The van der Waals surface area contributed by atoms with Crippen LogP contribution in [0.25, 0.3) is 0 Å². The first kappa shape index (κ1) is 14.0. The number of carbonyl (C=O) groups is 1. The van der Waals surface area contributed by atoms with E-state index in [1.807, 2.05) is 30.3 Å². The van der Waals surface area contributed by atoms with Gasteiger partial charge in [-0.1, -0.05) is 30.3 Å². The van der Waals surface area contributed by atoms with Gasteiger partial charge in [0.25, 0.3) is 0 Å². The third kappa shape index (κ3) is 4.65. The molecule has 4 nitrogen and oxygen atoms in total. The van der Waals surface area contributed by atoms with Gasteiger partial charge in [-0.15, -0.1) is 0 Å². The van der Waals surface area contributed by atoms with E-state index in [0.29, 0.717) is 19.8 Å². The minimum Gasteiger partial charge on any atom is -0.457 e. The molecule has 1 aliphatic rings. The predicted molar refractivity (Wildman–Crippen MR) is 70.6 cm³/mol. The number of carbonyl (C=O) groups excluding carboxylic acids is 1. The Bertz CT molecular complexity index is 390. The second-order valence-electron chi connectivity index (χ2n) is 4.70. The number of hydrogen-bond acceptors (Lipinski definition) is 4. The van der Waals surface area contributed by atoms with Crippen LogP contribution in [0.5, 0.6) is 0 Å². The van der Waals surface area contributed by atoms with Crippen molar-refractivity contribution in [2.45, 2.75) is 38.6 Å². The second-order valence-corrected chi connectivity index (χ2v) is 4.70. The van der Waals surface area contributed by atoms with Crippen LogP contribution in [0.2, 0.25) is 0 Å². The van der Waals surface area contributed by atoms with Crippen LogP contribution in [0.4, 0.5) is 0 Å². The fourth-order valence-electron chi connectivity index (χ4n) is 2.17. The van der Waals surface area contributed by atoms with Gasteiger partial charge >= 0.3 is 5.97 Å². The third-order valence-corrected chi connectivity index (χ3v) is 3.10. The Morgan fingerprint density at radius 3 is 2.84 bits per heavy atom. The molecule has 0 aliphatic carbocycles. The van der Waals surface area contributed by atoms with Gasteiger partial charge in [0.15, 0.2) is 6.10 Å². The van der Waals surface area contributed by atoms with E-state index in [1.165, 1.54) is 6.92 Å². The first-order valence-corrected chi connectivity index (χ1v) is 6.66. The molecular formula is C15H20O4. The number of hydrogen-bond donors (Lipinski definition) is 0. The summed E-state index contributed by atoms with van der Waals surface area (Å²) in [5.41, 5.74) is 1.12. The summed E-state index contributed by atoms with van der Waals surface area (Å²) in [5.74, 6) is -0.288. The summed E-state index contributed by atoms with van der Waals surface area (Å²) in [6.45, 7) is 3.06. The van der Waals surface area contributed by atoms with Crippen LogP contribution in [0.3, 0.4) is 0 Å². The highest BCUT2D eigenvalue weighted by atomic mass is 16.6. The van der Waals surface area contributed by atoms with Gasteiger partial charge in [-0.25, -0.2) is 0 Å². The maximum absolute atomic E-state index is 11.1. The van der Waals surface area contributed by atoms with Crippen molar-refractivity contribution in [1.82, 2.24) is 0 Å². The number of benzene rings is 1. The van der Waals surface area contributed by atoms with E-state index >= 15 is 0 Å². The Balaban J connectivity index is 1.92. The Hall–Kier alpha value is -1.39.